The van der Waals surface area contributed by atoms with Crippen LogP contribution >= 0.6 is 0 Å². The topological polar surface area (TPSA) is 62.7 Å². The minimum atomic E-state index is -0.0900. The summed E-state index contributed by atoms with van der Waals surface area (Å²) < 4.78 is 2.10. The summed E-state index contributed by atoms with van der Waals surface area (Å²) in [6, 6.07) is 3.38. The van der Waals surface area contributed by atoms with Crippen molar-refractivity contribution in [1.29, 1.82) is 0 Å². The summed E-state index contributed by atoms with van der Waals surface area (Å²) in [4.78, 5) is 18.2. The molecular weight excluding hydrogens is 228 g/mol. The quantitative estimate of drug-likeness (QED) is 0.835. The Kier molecular flexibility index (Phi) is 3.94. The minimum Gasteiger partial charge on any atom is -0.334 e. The Bertz CT molecular complexity index is 538. The number of nitrogens with one attached hydrogen (secondary N) is 2. The zero-order chi connectivity index (χ0) is 13.0. The lowest BCUT2D eigenvalue weighted by Crippen LogP contribution is -2.26. The van der Waals surface area contributed by atoms with Gasteiger partial charge >= 0.3 is 0 Å². The molecule has 0 aromatic carbocycles. The van der Waals surface area contributed by atoms with Crippen molar-refractivity contribution < 1.29 is 0 Å². The number of rotatable bonds is 5. The van der Waals surface area contributed by atoms with Crippen molar-refractivity contribution in [3.05, 3.63) is 52.5 Å². The van der Waals surface area contributed by atoms with E-state index < -0.39 is 0 Å². The van der Waals surface area contributed by atoms with Crippen LogP contribution in [-0.2, 0) is 6.54 Å². The maximum Gasteiger partial charge on any atom is 0.247 e. The van der Waals surface area contributed by atoms with Gasteiger partial charge in [-0.3, -0.25) is 4.79 Å². The summed E-state index contributed by atoms with van der Waals surface area (Å²) in [5.74, 6) is 0.964. The molecule has 2 rings (SSSR count). The minimum absolute atomic E-state index is 0.00167. The van der Waals surface area contributed by atoms with E-state index in [4.69, 9.17) is 0 Å². The van der Waals surface area contributed by atoms with Crippen molar-refractivity contribution in [3.63, 3.8) is 0 Å². The average molecular weight is 246 g/mol. The second kappa shape index (κ2) is 5.64. The fourth-order valence-corrected chi connectivity index (χ4v) is 2.01. The summed E-state index contributed by atoms with van der Waals surface area (Å²) in [7, 11) is 0. The maximum atomic E-state index is 11.1. The van der Waals surface area contributed by atoms with Crippen LogP contribution in [0.15, 0.2) is 35.5 Å². The lowest BCUT2D eigenvalue weighted by molar-refractivity contribution is 0.557. The molecule has 0 spiro atoms. The van der Waals surface area contributed by atoms with Crippen molar-refractivity contribution in [2.45, 2.75) is 26.4 Å². The van der Waals surface area contributed by atoms with Crippen LogP contribution in [0.2, 0.25) is 0 Å². The molecule has 0 aliphatic rings. The van der Waals surface area contributed by atoms with Crippen LogP contribution in [0, 0.1) is 0 Å². The number of pyridine rings is 1. The van der Waals surface area contributed by atoms with Gasteiger partial charge in [-0.1, -0.05) is 13.0 Å². The van der Waals surface area contributed by atoms with Gasteiger partial charge in [-0.2, -0.15) is 0 Å². The second-order valence-corrected chi connectivity index (χ2v) is 4.05. The molecule has 96 valence electrons. The fourth-order valence-electron chi connectivity index (χ4n) is 2.01. The van der Waals surface area contributed by atoms with Gasteiger partial charge in [-0.25, -0.2) is 4.98 Å². The number of aromatic amines is 1. The first-order valence-electron chi connectivity index (χ1n) is 6.19. The molecule has 0 radical (unpaired) electrons. The highest BCUT2D eigenvalue weighted by atomic mass is 16.1. The molecule has 1 unspecified atom stereocenters. The van der Waals surface area contributed by atoms with Crippen molar-refractivity contribution in [3.8, 4) is 0 Å². The van der Waals surface area contributed by atoms with Crippen LogP contribution in [0.3, 0.4) is 0 Å². The normalized spacial score (nSPS) is 12.6. The van der Waals surface area contributed by atoms with Gasteiger partial charge in [-0.15, -0.1) is 0 Å². The fraction of sp³-hybridized carbons (Fsp3) is 0.385. The van der Waals surface area contributed by atoms with Gasteiger partial charge in [0.05, 0.1) is 6.04 Å². The van der Waals surface area contributed by atoms with E-state index in [1.165, 1.54) is 0 Å². The third-order valence-corrected chi connectivity index (χ3v) is 2.90. The summed E-state index contributed by atoms with van der Waals surface area (Å²) in [6.45, 7) is 5.85. The standard InChI is InChI=1S/C13H18N4O/c1-3-14-12(10-5-6-11(18)16-9-10)13-15-7-8-17(13)4-2/h5-9,12,14H,3-4H2,1-2H3,(H,16,18). The average Bonchev–Trinajstić information content (AvgIpc) is 2.85. The number of aryl methyl sites for hydroxylation is 1. The second-order valence-electron chi connectivity index (χ2n) is 4.05. The Hall–Kier alpha value is -1.88. The molecule has 0 saturated carbocycles. The molecule has 5 heteroatoms. The molecule has 0 amide bonds. The van der Waals surface area contributed by atoms with E-state index in [1.807, 2.05) is 12.3 Å². The number of H-pyrrole nitrogens is 1. The van der Waals surface area contributed by atoms with Crippen LogP contribution in [0.4, 0.5) is 0 Å². The molecule has 2 N–H and O–H groups in total. The third-order valence-electron chi connectivity index (χ3n) is 2.90. The van der Waals surface area contributed by atoms with Crippen LogP contribution in [0.5, 0.6) is 0 Å². The molecule has 18 heavy (non-hydrogen) atoms. The van der Waals surface area contributed by atoms with Crippen LogP contribution in [0.1, 0.15) is 31.3 Å². The van der Waals surface area contributed by atoms with E-state index in [-0.39, 0.29) is 11.6 Å². The smallest absolute Gasteiger partial charge is 0.247 e. The summed E-state index contributed by atoms with van der Waals surface area (Å²) in [5, 5.41) is 3.39. The molecular formula is C13H18N4O. The molecule has 1 atom stereocenters. The van der Waals surface area contributed by atoms with E-state index in [9.17, 15) is 4.79 Å². The molecule has 2 aromatic heterocycles. The monoisotopic (exact) mass is 246 g/mol. The van der Waals surface area contributed by atoms with Crippen LogP contribution < -0.4 is 10.9 Å². The Morgan fingerprint density at radius 1 is 1.44 bits per heavy atom. The molecule has 0 saturated heterocycles. The largest absolute Gasteiger partial charge is 0.334 e. The van der Waals surface area contributed by atoms with Gasteiger partial charge in [0.25, 0.3) is 0 Å². The summed E-state index contributed by atoms with van der Waals surface area (Å²) in [5.41, 5.74) is 0.921. The van der Waals surface area contributed by atoms with Gasteiger partial charge < -0.3 is 14.9 Å². The molecule has 0 bridgehead atoms. The summed E-state index contributed by atoms with van der Waals surface area (Å²) >= 11 is 0. The van der Waals surface area contributed by atoms with Crippen molar-refractivity contribution in [1.82, 2.24) is 19.9 Å². The van der Waals surface area contributed by atoms with Gasteiger partial charge in [0.1, 0.15) is 5.82 Å². The zero-order valence-corrected chi connectivity index (χ0v) is 10.7. The molecule has 0 aliphatic heterocycles. The Morgan fingerprint density at radius 3 is 2.89 bits per heavy atom. The van der Waals surface area contributed by atoms with Gasteiger partial charge in [0, 0.05) is 31.2 Å². The van der Waals surface area contributed by atoms with E-state index in [1.54, 1.807) is 18.5 Å². The molecule has 2 heterocycles. The maximum absolute atomic E-state index is 11.1. The summed E-state index contributed by atoms with van der Waals surface area (Å²) in [6.07, 6.45) is 5.50. The van der Waals surface area contributed by atoms with E-state index in [0.29, 0.717) is 0 Å². The number of imidazole rings is 1. The zero-order valence-electron chi connectivity index (χ0n) is 10.7. The highest BCUT2D eigenvalue weighted by Crippen LogP contribution is 2.19. The Balaban J connectivity index is 2.39. The van der Waals surface area contributed by atoms with Gasteiger partial charge in [0.2, 0.25) is 5.56 Å². The van der Waals surface area contributed by atoms with Crippen LogP contribution in [-0.4, -0.2) is 21.1 Å². The van der Waals surface area contributed by atoms with E-state index >= 15 is 0 Å². The lowest BCUT2D eigenvalue weighted by Gasteiger charge is -2.18. The highest BCUT2D eigenvalue weighted by molar-refractivity contribution is 5.22. The first kappa shape index (κ1) is 12.6. The lowest BCUT2D eigenvalue weighted by atomic mass is 10.1. The highest BCUT2D eigenvalue weighted by Gasteiger charge is 2.17. The Morgan fingerprint density at radius 2 is 2.28 bits per heavy atom. The van der Waals surface area contributed by atoms with Crippen molar-refractivity contribution in [2.75, 3.05) is 6.54 Å². The molecule has 5 nitrogen and oxygen atoms in total. The first-order chi connectivity index (χ1) is 8.76. The molecule has 0 fully saturated rings. The number of hydrogen-bond donors (Lipinski definition) is 2. The van der Waals surface area contributed by atoms with Gasteiger partial charge in [-0.05, 0) is 19.0 Å². The number of aromatic nitrogens is 3. The molecule has 2 aromatic rings. The van der Waals surface area contributed by atoms with Crippen LogP contribution in [0.25, 0.3) is 0 Å². The van der Waals surface area contributed by atoms with E-state index in [2.05, 4.69) is 33.7 Å². The number of nitrogens with zero attached hydrogens (tertiary/aromatic N) is 2. The predicted octanol–water partition coefficient (Wildman–Crippen LogP) is 1.29. The number of hydrogen-bond acceptors (Lipinski definition) is 3. The third kappa shape index (κ3) is 2.51. The van der Waals surface area contributed by atoms with Crippen molar-refractivity contribution >= 4 is 0 Å². The first-order valence-corrected chi connectivity index (χ1v) is 6.19. The van der Waals surface area contributed by atoms with E-state index in [0.717, 1.165) is 24.5 Å². The molecule has 0 aliphatic carbocycles. The van der Waals surface area contributed by atoms with Crippen molar-refractivity contribution in [2.24, 2.45) is 0 Å². The predicted molar refractivity (Wildman–Crippen MR) is 70.5 cm³/mol. The van der Waals surface area contributed by atoms with Gasteiger partial charge in [0.15, 0.2) is 0 Å². The SMILES string of the molecule is CCNC(c1ccc(=O)[nH]c1)c1nccn1CC. The Labute approximate surface area is 106 Å².